The second-order valence-electron chi connectivity index (χ2n) is 9.33. The van der Waals surface area contributed by atoms with Crippen molar-refractivity contribution in [2.45, 2.75) is 37.3 Å². The molecule has 3 atom stereocenters. The van der Waals surface area contributed by atoms with Crippen molar-refractivity contribution in [3.05, 3.63) is 113 Å². The predicted molar refractivity (Wildman–Crippen MR) is 134 cm³/mol. The minimum absolute atomic E-state index is 0.0724. The number of amides is 2. The molecule has 194 valence electrons. The highest BCUT2D eigenvalue weighted by molar-refractivity contribution is 6.24. The molecular formula is C30H24F3NO4. The van der Waals surface area contributed by atoms with Crippen LogP contribution < -0.4 is 4.90 Å². The summed E-state index contributed by atoms with van der Waals surface area (Å²) in [5.74, 6) is -3.41. The van der Waals surface area contributed by atoms with E-state index in [1.165, 1.54) is 19.1 Å². The zero-order valence-corrected chi connectivity index (χ0v) is 20.7. The van der Waals surface area contributed by atoms with Gasteiger partial charge in [-0.1, -0.05) is 66.7 Å². The molecule has 0 saturated carbocycles. The Morgan fingerprint density at radius 3 is 2.16 bits per heavy atom. The van der Waals surface area contributed by atoms with E-state index in [0.717, 1.165) is 22.6 Å². The number of esters is 1. The van der Waals surface area contributed by atoms with Gasteiger partial charge in [0.2, 0.25) is 11.8 Å². The Morgan fingerprint density at radius 1 is 0.921 bits per heavy atom. The van der Waals surface area contributed by atoms with Crippen molar-refractivity contribution < 1.29 is 32.3 Å². The average molecular weight is 520 g/mol. The molecule has 0 saturated heterocycles. The van der Waals surface area contributed by atoms with Gasteiger partial charge in [-0.05, 0) is 41.8 Å². The minimum atomic E-state index is -4.56. The number of alkyl halides is 3. The molecule has 1 heterocycles. The van der Waals surface area contributed by atoms with Crippen molar-refractivity contribution in [3.8, 4) is 0 Å². The summed E-state index contributed by atoms with van der Waals surface area (Å²) >= 11 is 0. The highest BCUT2D eigenvalue weighted by atomic mass is 19.4. The van der Waals surface area contributed by atoms with Crippen LogP contribution in [0.3, 0.4) is 0 Å². The van der Waals surface area contributed by atoms with Gasteiger partial charge in [-0.25, -0.2) is 9.69 Å². The van der Waals surface area contributed by atoms with Gasteiger partial charge in [-0.15, -0.1) is 0 Å². The Morgan fingerprint density at radius 2 is 1.55 bits per heavy atom. The molecule has 8 heteroatoms. The van der Waals surface area contributed by atoms with E-state index in [9.17, 15) is 27.6 Å². The SMILES string of the molecule is CCOC(=O)C1=C[C@@H](c2ccccc2)[C@]2(C(=O)N(C(C)=O)c3ccccc32)[C@H]1c1ccc(C(F)(F)F)cc1. The maximum Gasteiger partial charge on any atom is 0.416 e. The second kappa shape index (κ2) is 9.28. The first-order valence-corrected chi connectivity index (χ1v) is 12.2. The van der Waals surface area contributed by atoms with Crippen LogP contribution in [0.1, 0.15) is 47.9 Å². The highest BCUT2D eigenvalue weighted by Crippen LogP contribution is 2.63. The lowest BCUT2D eigenvalue weighted by Crippen LogP contribution is -2.48. The molecule has 0 N–H and O–H groups in total. The first-order chi connectivity index (χ1) is 18.1. The van der Waals surface area contributed by atoms with Gasteiger partial charge in [-0.2, -0.15) is 13.2 Å². The van der Waals surface area contributed by atoms with E-state index in [2.05, 4.69) is 0 Å². The lowest BCUT2D eigenvalue weighted by Gasteiger charge is -2.37. The lowest BCUT2D eigenvalue weighted by molar-refractivity contribution is -0.139. The molecule has 0 fully saturated rings. The molecule has 2 aliphatic rings. The number of fused-ring (bicyclic) bond motifs is 2. The van der Waals surface area contributed by atoms with Crippen LogP contribution >= 0.6 is 0 Å². The number of hydrogen-bond acceptors (Lipinski definition) is 4. The summed E-state index contributed by atoms with van der Waals surface area (Å²) in [5.41, 5.74) is -0.227. The van der Waals surface area contributed by atoms with Crippen LogP contribution in [-0.2, 0) is 30.7 Å². The van der Waals surface area contributed by atoms with Crippen LogP contribution in [-0.4, -0.2) is 24.4 Å². The zero-order chi connectivity index (χ0) is 27.2. The number of hydrogen-bond donors (Lipinski definition) is 0. The van der Waals surface area contributed by atoms with Gasteiger partial charge < -0.3 is 4.74 Å². The maximum absolute atomic E-state index is 14.5. The molecule has 0 unspecified atom stereocenters. The van der Waals surface area contributed by atoms with Gasteiger partial charge in [0.25, 0.3) is 0 Å². The number of carbonyl (C=O) groups excluding carboxylic acids is 3. The van der Waals surface area contributed by atoms with Gasteiger partial charge in [0, 0.05) is 24.3 Å². The summed E-state index contributed by atoms with van der Waals surface area (Å²) in [6, 6.07) is 20.4. The minimum Gasteiger partial charge on any atom is -0.463 e. The molecule has 3 aromatic carbocycles. The smallest absolute Gasteiger partial charge is 0.416 e. The Balaban J connectivity index is 1.83. The molecule has 2 amide bonds. The van der Waals surface area contributed by atoms with Gasteiger partial charge in [-0.3, -0.25) is 9.59 Å². The Kier molecular flexibility index (Phi) is 6.21. The van der Waals surface area contributed by atoms with E-state index >= 15 is 0 Å². The zero-order valence-electron chi connectivity index (χ0n) is 20.7. The van der Waals surface area contributed by atoms with Gasteiger partial charge in [0.1, 0.15) is 0 Å². The number of allylic oxidation sites excluding steroid dienone is 1. The summed E-state index contributed by atoms with van der Waals surface area (Å²) in [5, 5.41) is 0. The van der Waals surface area contributed by atoms with Crippen molar-refractivity contribution in [1.82, 2.24) is 0 Å². The van der Waals surface area contributed by atoms with Crippen LogP contribution in [0.5, 0.6) is 0 Å². The summed E-state index contributed by atoms with van der Waals surface area (Å²) in [7, 11) is 0. The fraction of sp³-hybridized carbons (Fsp3) is 0.233. The van der Waals surface area contributed by atoms with E-state index in [4.69, 9.17) is 4.74 Å². The van der Waals surface area contributed by atoms with Crippen LogP contribution in [0.15, 0.2) is 90.5 Å². The summed E-state index contributed by atoms with van der Waals surface area (Å²) in [6.07, 6.45) is -2.88. The van der Waals surface area contributed by atoms with Crippen LogP contribution in [0.25, 0.3) is 0 Å². The summed E-state index contributed by atoms with van der Waals surface area (Å²) in [4.78, 5) is 41.7. The third-order valence-electron chi connectivity index (χ3n) is 7.31. The topological polar surface area (TPSA) is 63.7 Å². The number of rotatable bonds is 4. The quantitative estimate of drug-likeness (QED) is 0.402. The highest BCUT2D eigenvalue weighted by Gasteiger charge is 2.65. The van der Waals surface area contributed by atoms with Crippen molar-refractivity contribution in [2.24, 2.45) is 0 Å². The van der Waals surface area contributed by atoms with Gasteiger partial charge >= 0.3 is 12.1 Å². The van der Waals surface area contributed by atoms with Gasteiger partial charge in [0.05, 0.1) is 23.3 Å². The van der Waals surface area contributed by atoms with Crippen LogP contribution in [0.2, 0.25) is 0 Å². The number of halogens is 3. The molecule has 0 aromatic heterocycles. The summed E-state index contributed by atoms with van der Waals surface area (Å²) in [6.45, 7) is 3.01. The Labute approximate surface area is 217 Å². The number of imide groups is 1. The standard InChI is InChI=1S/C30H24F3NO4/c1-3-38-27(36)22-17-24(19-9-5-4-6-10-19)29(26(22)20-13-15-21(16-14-20)30(31,32)33)23-11-7-8-12-25(23)34(18(2)35)28(29)37/h4-17,24,26H,3H2,1-2H3/t24-,26-,29-/m0/s1. The molecule has 1 aliphatic carbocycles. The van der Waals surface area contributed by atoms with E-state index in [0.29, 0.717) is 16.8 Å². The number of carbonyl (C=O) groups is 3. The normalized spacial score (nSPS) is 22.4. The second-order valence-corrected chi connectivity index (χ2v) is 9.33. The number of ether oxygens (including phenoxy) is 1. The van der Waals surface area contributed by atoms with E-state index < -0.39 is 46.8 Å². The van der Waals surface area contributed by atoms with Crippen molar-refractivity contribution in [3.63, 3.8) is 0 Å². The number of benzene rings is 3. The first-order valence-electron chi connectivity index (χ1n) is 12.2. The fourth-order valence-corrected chi connectivity index (χ4v) is 5.88. The van der Waals surface area contributed by atoms with E-state index in [1.807, 2.05) is 18.2 Å². The number of anilines is 1. The molecule has 3 aromatic rings. The molecule has 5 nitrogen and oxygen atoms in total. The maximum atomic E-state index is 14.5. The number of nitrogens with zero attached hydrogens (tertiary/aromatic N) is 1. The monoisotopic (exact) mass is 519 g/mol. The molecular weight excluding hydrogens is 495 g/mol. The first kappa shape index (κ1) is 25.4. The number of para-hydroxylation sites is 1. The average Bonchev–Trinajstić information content (AvgIpc) is 3.38. The predicted octanol–water partition coefficient (Wildman–Crippen LogP) is 5.91. The van der Waals surface area contributed by atoms with Gasteiger partial charge in [0.15, 0.2) is 0 Å². The summed E-state index contributed by atoms with van der Waals surface area (Å²) < 4.78 is 45.5. The molecule has 5 rings (SSSR count). The third kappa shape index (κ3) is 3.74. The van der Waals surface area contributed by atoms with Crippen molar-refractivity contribution in [2.75, 3.05) is 11.5 Å². The molecule has 38 heavy (non-hydrogen) atoms. The third-order valence-corrected chi connectivity index (χ3v) is 7.31. The van der Waals surface area contributed by atoms with E-state index in [-0.39, 0.29) is 12.2 Å². The lowest BCUT2D eigenvalue weighted by atomic mass is 9.62. The fourth-order valence-electron chi connectivity index (χ4n) is 5.88. The Bertz CT molecular complexity index is 1450. The van der Waals surface area contributed by atoms with Crippen molar-refractivity contribution in [1.29, 1.82) is 0 Å². The van der Waals surface area contributed by atoms with Crippen LogP contribution in [0.4, 0.5) is 18.9 Å². The largest absolute Gasteiger partial charge is 0.463 e. The van der Waals surface area contributed by atoms with E-state index in [1.54, 1.807) is 49.4 Å². The molecule has 0 bridgehead atoms. The Hall–Kier alpha value is -4.20. The molecule has 0 radical (unpaired) electrons. The van der Waals surface area contributed by atoms with Crippen LogP contribution in [0, 0.1) is 0 Å². The van der Waals surface area contributed by atoms with Crippen molar-refractivity contribution >= 4 is 23.5 Å². The molecule has 1 spiro atoms. The molecule has 1 aliphatic heterocycles.